The van der Waals surface area contributed by atoms with Crippen LogP contribution in [0.1, 0.15) is 83.6 Å². The van der Waals surface area contributed by atoms with E-state index in [0.29, 0.717) is 46.1 Å². The average molecular weight is 725 g/mol. The second-order valence-corrected chi connectivity index (χ2v) is 15.9. The zero-order valence-electron chi connectivity index (χ0n) is 28.5. The van der Waals surface area contributed by atoms with Crippen molar-refractivity contribution in [1.82, 2.24) is 19.8 Å². The molecule has 2 aromatic heterocycles. The van der Waals surface area contributed by atoms with Crippen molar-refractivity contribution < 1.29 is 18.7 Å². The van der Waals surface area contributed by atoms with E-state index in [0.717, 1.165) is 29.4 Å². The van der Waals surface area contributed by atoms with Crippen LogP contribution < -0.4 is 5.32 Å². The molecule has 2 atom stereocenters. The van der Waals surface area contributed by atoms with Gasteiger partial charge in [0.1, 0.15) is 16.1 Å². The third kappa shape index (κ3) is 6.70. The number of nitrogens with one attached hydrogen (secondary N) is 1. The van der Waals surface area contributed by atoms with E-state index in [4.69, 9.17) is 32.9 Å². The van der Waals surface area contributed by atoms with Crippen molar-refractivity contribution in [3.05, 3.63) is 57.5 Å². The highest BCUT2D eigenvalue weighted by molar-refractivity contribution is 7.98. The Balaban J connectivity index is 1.61. The number of rotatable bonds is 8. The number of pyridine rings is 1. The quantitative estimate of drug-likeness (QED) is 0.182. The summed E-state index contributed by atoms with van der Waals surface area (Å²) in [5, 5.41) is 15.3. The first-order valence-electron chi connectivity index (χ1n) is 16.5. The number of hydrogen-bond donors (Lipinski definition) is 1. The third-order valence-corrected chi connectivity index (χ3v) is 11.0. The molecule has 49 heavy (non-hydrogen) atoms. The lowest BCUT2D eigenvalue weighted by atomic mass is 9.93. The predicted molar refractivity (Wildman–Crippen MR) is 194 cm³/mol. The monoisotopic (exact) mass is 723 g/mol. The normalized spacial score (nSPS) is 17.7. The highest BCUT2D eigenvalue weighted by Crippen LogP contribution is 2.47. The number of thioether (sulfide) groups is 1. The number of nitriles is 1. The van der Waals surface area contributed by atoms with Gasteiger partial charge in [0.05, 0.1) is 33.7 Å². The molecule has 4 aromatic rings. The van der Waals surface area contributed by atoms with Crippen molar-refractivity contribution in [3.63, 3.8) is 0 Å². The molecule has 2 amide bonds. The zero-order chi connectivity index (χ0) is 35.4. The fourth-order valence-electron chi connectivity index (χ4n) is 6.69. The lowest BCUT2D eigenvalue weighted by Gasteiger charge is -2.26. The molecule has 0 spiro atoms. The number of amides is 2. The summed E-state index contributed by atoms with van der Waals surface area (Å²) in [7, 11) is 0. The van der Waals surface area contributed by atoms with Gasteiger partial charge in [-0.15, -0.1) is 11.8 Å². The van der Waals surface area contributed by atoms with Gasteiger partial charge in [0.15, 0.2) is 5.82 Å². The van der Waals surface area contributed by atoms with Crippen LogP contribution in [-0.2, 0) is 16.0 Å². The molecule has 2 unspecified atom stereocenters. The number of halogens is 3. The molecule has 1 saturated carbocycles. The first-order chi connectivity index (χ1) is 23.2. The van der Waals surface area contributed by atoms with E-state index in [1.165, 1.54) is 11.8 Å². The Labute approximate surface area is 300 Å². The van der Waals surface area contributed by atoms with Gasteiger partial charge < -0.3 is 19.5 Å². The second-order valence-electron chi connectivity index (χ2n) is 14.3. The van der Waals surface area contributed by atoms with Crippen molar-refractivity contribution >= 4 is 68.8 Å². The minimum absolute atomic E-state index is 0.000408. The van der Waals surface area contributed by atoms with E-state index in [1.807, 2.05) is 53.0 Å². The Kier molecular flexibility index (Phi) is 9.59. The van der Waals surface area contributed by atoms with Crippen LogP contribution in [0, 0.1) is 22.6 Å². The summed E-state index contributed by atoms with van der Waals surface area (Å²) in [6, 6.07) is 10.7. The molecule has 12 heteroatoms. The number of carbonyl (C=O) groups excluding carboxylic acids is 2. The van der Waals surface area contributed by atoms with Crippen molar-refractivity contribution in [2.75, 3.05) is 19.3 Å². The molecule has 2 aliphatic rings. The number of carbonyl (C=O) groups is 2. The van der Waals surface area contributed by atoms with Gasteiger partial charge in [-0.2, -0.15) is 5.26 Å². The number of hydrogen-bond acceptors (Lipinski definition) is 6. The van der Waals surface area contributed by atoms with E-state index in [2.05, 4.69) is 16.0 Å². The second kappa shape index (κ2) is 13.3. The molecule has 8 nitrogen and oxygen atoms in total. The maximum absolute atomic E-state index is 17.1. The van der Waals surface area contributed by atoms with Crippen molar-refractivity contribution in [2.45, 2.75) is 89.4 Å². The van der Waals surface area contributed by atoms with Gasteiger partial charge >= 0.3 is 6.09 Å². The zero-order valence-corrected chi connectivity index (χ0v) is 30.9. The SMILES string of the molecule is CSc1nc2c(F)c(-c3cccc(Cl)c3Cl)c(CCC#N)cc2c2c1cc(C(C)NC(=O)C1(C)CC1)n2C1CCN(C(=O)OC(C)(C)C)C1. The molecule has 0 radical (unpaired) electrons. The third-order valence-electron chi connectivity index (χ3n) is 9.53. The fraction of sp³-hybridized carbons (Fsp3) is 0.459. The van der Waals surface area contributed by atoms with Crippen LogP contribution in [0.4, 0.5) is 9.18 Å². The van der Waals surface area contributed by atoms with Crippen LogP contribution in [0.3, 0.4) is 0 Å². The predicted octanol–water partition coefficient (Wildman–Crippen LogP) is 9.64. The Hall–Kier alpha value is -3.52. The first kappa shape index (κ1) is 35.3. The number of nitrogens with zero attached hydrogens (tertiary/aromatic N) is 4. The van der Waals surface area contributed by atoms with E-state index < -0.39 is 11.4 Å². The topological polar surface area (TPSA) is 100 Å². The van der Waals surface area contributed by atoms with Gasteiger partial charge in [0, 0.05) is 52.5 Å². The smallest absolute Gasteiger partial charge is 0.410 e. The molecule has 258 valence electrons. The lowest BCUT2D eigenvalue weighted by Crippen LogP contribution is -2.36. The molecule has 1 N–H and O–H groups in total. The van der Waals surface area contributed by atoms with Crippen LogP contribution in [0.5, 0.6) is 0 Å². The standard InChI is InChI=1S/C37H40Cl2FN5O3S/c1-20(42-34(46)37(5)13-14-37)27-18-25-32(45(27)22-12-16-44(19-22)35(47)48-36(2,3)4)24-17-21(9-8-15-41)28(23-10-7-11-26(38)29(23)39)30(40)31(24)43-33(25)49-6/h7,10-11,17-18,20,22H,8-9,12-14,16,19H2,1-6H3,(H,42,46). The number of likely N-dealkylation sites (tertiary alicyclic amines) is 1. The van der Waals surface area contributed by atoms with Gasteiger partial charge in [-0.3, -0.25) is 4.79 Å². The van der Waals surface area contributed by atoms with Crippen LogP contribution in [-0.4, -0.2) is 51.4 Å². The molecule has 0 bridgehead atoms. The largest absolute Gasteiger partial charge is 0.444 e. The maximum Gasteiger partial charge on any atom is 0.410 e. The average Bonchev–Trinajstić information content (AvgIpc) is 3.43. The Morgan fingerprint density at radius 2 is 1.98 bits per heavy atom. The number of fused-ring (bicyclic) bond motifs is 3. The fourth-order valence-corrected chi connectivity index (χ4v) is 7.64. The minimum atomic E-state index is -0.645. The van der Waals surface area contributed by atoms with Crippen LogP contribution in [0.2, 0.25) is 10.0 Å². The van der Waals surface area contributed by atoms with Crippen LogP contribution in [0.25, 0.3) is 32.9 Å². The van der Waals surface area contributed by atoms with Crippen molar-refractivity contribution in [1.29, 1.82) is 5.26 Å². The molecular weight excluding hydrogens is 684 g/mol. The lowest BCUT2D eigenvalue weighted by molar-refractivity contribution is -0.126. The van der Waals surface area contributed by atoms with Crippen molar-refractivity contribution in [2.24, 2.45) is 5.41 Å². The summed E-state index contributed by atoms with van der Waals surface area (Å²) in [5.41, 5.74) is 2.06. The molecule has 2 fully saturated rings. The summed E-state index contributed by atoms with van der Waals surface area (Å²) in [6.07, 6.45) is 4.28. The molecule has 1 aliphatic carbocycles. The molecular formula is C37H40Cl2FN5O3S. The van der Waals surface area contributed by atoms with E-state index in [9.17, 15) is 14.9 Å². The molecule has 3 heterocycles. The highest BCUT2D eigenvalue weighted by atomic mass is 35.5. The number of aryl methyl sites for hydroxylation is 1. The molecule has 1 aliphatic heterocycles. The number of aromatic nitrogens is 2. The van der Waals surface area contributed by atoms with Gasteiger partial charge in [0.25, 0.3) is 0 Å². The summed E-state index contributed by atoms with van der Waals surface area (Å²) in [4.78, 5) is 33.0. The van der Waals surface area contributed by atoms with E-state index >= 15 is 4.39 Å². The molecule has 2 aromatic carbocycles. The summed E-state index contributed by atoms with van der Waals surface area (Å²) in [5.74, 6) is -0.550. The summed E-state index contributed by atoms with van der Waals surface area (Å²) >= 11 is 14.4. The van der Waals surface area contributed by atoms with Crippen molar-refractivity contribution in [3.8, 4) is 17.2 Å². The maximum atomic E-state index is 17.1. The first-order valence-corrected chi connectivity index (χ1v) is 18.5. The van der Waals surface area contributed by atoms with Gasteiger partial charge in [0.2, 0.25) is 5.91 Å². The van der Waals surface area contributed by atoms with Crippen LogP contribution >= 0.6 is 35.0 Å². The van der Waals surface area contributed by atoms with Crippen LogP contribution in [0.15, 0.2) is 35.4 Å². The van der Waals surface area contributed by atoms with E-state index in [1.54, 1.807) is 23.1 Å². The minimum Gasteiger partial charge on any atom is -0.444 e. The molecule has 1 saturated heterocycles. The summed E-state index contributed by atoms with van der Waals surface area (Å²) < 4.78 is 25.0. The van der Waals surface area contributed by atoms with Gasteiger partial charge in [-0.1, -0.05) is 42.3 Å². The highest BCUT2D eigenvalue weighted by Gasteiger charge is 2.45. The molecule has 6 rings (SSSR count). The van der Waals surface area contributed by atoms with Gasteiger partial charge in [-0.25, -0.2) is 14.2 Å². The Morgan fingerprint density at radius 3 is 2.63 bits per heavy atom. The summed E-state index contributed by atoms with van der Waals surface area (Å²) in [6.45, 7) is 10.3. The van der Waals surface area contributed by atoms with Gasteiger partial charge in [-0.05, 0) is 83.4 Å². The number of ether oxygens (including phenoxy) is 1. The Bertz CT molecular complexity index is 2030. The Morgan fingerprint density at radius 1 is 1.24 bits per heavy atom. The van der Waals surface area contributed by atoms with E-state index in [-0.39, 0.29) is 58.4 Å². The number of benzene rings is 2.